The number of ether oxygens (including phenoxy) is 1. The van der Waals surface area contributed by atoms with Crippen LogP contribution in [0, 0.1) is 36.1 Å². The van der Waals surface area contributed by atoms with Crippen molar-refractivity contribution in [3.8, 4) is 0 Å². The fourth-order valence-corrected chi connectivity index (χ4v) is 2.72. The molecule has 1 atom stereocenters. The Morgan fingerprint density at radius 1 is 1.19 bits per heavy atom. The van der Waals surface area contributed by atoms with Crippen molar-refractivity contribution in [2.45, 2.75) is 13.8 Å². The highest BCUT2D eigenvalue weighted by Gasteiger charge is 2.34. The molecule has 2 aromatic rings. The van der Waals surface area contributed by atoms with E-state index in [0.717, 1.165) is 13.1 Å². The predicted molar refractivity (Wildman–Crippen MR) is 87.9 cm³/mol. The molecular formula is C17H13F4NO3S. The zero-order valence-electron chi connectivity index (χ0n) is 13.7. The van der Waals surface area contributed by atoms with Crippen LogP contribution in [-0.4, -0.2) is 24.6 Å². The van der Waals surface area contributed by atoms with E-state index < -0.39 is 52.1 Å². The molecule has 0 saturated carbocycles. The molecule has 0 spiro atoms. The van der Waals surface area contributed by atoms with Crippen LogP contribution in [0.25, 0.3) is 0 Å². The zero-order chi connectivity index (χ0) is 19.4. The van der Waals surface area contributed by atoms with Crippen molar-refractivity contribution in [1.29, 1.82) is 0 Å². The molecule has 0 aliphatic heterocycles. The van der Waals surface area contributed by atoms with Crippen LogP contribution in [-0.2, 0) is 9.53 Å². The quantitative estimate of drug-likeness (QED) is 0.141. The monoisotopic (exact) mass is 387 g/mol. The number of hydrogen-bond acceptors (Lipinski definition) is 5. The van der Waals surface area contributed by atoms with Crippen molar-refractivity contribution in [3.05, 3.63) is 51.9 Å². The largest absolute Gasteiger partial charge is 0.465 e. The number of benzene rings is 1. The van der Waals surface area contributed by atoms with Gasteiger partial charge >= 0.3 is 5.97 Å². The standard InChI is InChI=1S/C17H13F4NO3S/c1-3-25-17(24)9(7-22-10-5-4-6-26-10)16(23)11-8(2)12(18)14(20)15(21)13(11)19/h4-7,9H,3H2,1-2H3. The lowest BCUT2D eigenvalue weighted by molar-refractivity contribution is -0.143. The van der Waals surface area contributed by atoms with Gasteiger partial charge in [-0.2, -0.15) is 0 Å². The number of esters is 1. The maximum atomic E-state index is 14.1. The Kier molecular flexibility index (Phi) is 6.25. The minimum absolute atomic E-state index is 0.0803. The first-order valence-electron chi connectivity index (χ1n) is 7.40. The lowest BCUT2D eigenvalue weighted by atomic mass is 9.94. The molecule has 138 valence electrons. The first-order valence-corrected chi connectivity index (χ1v) is 8.28. The van der Waals surface area contributed by atoms with Crippen LogP contribution in [0.5, 0.6) is 0 Å². The van der Waals surface area contributed by atoms with Gasteiger partial charge in [-0.1, -0.05) is 0 Å². The number of rotatable bonds is 6. The Balaban J connectivity index is 2.52. The van der Waals surface area contributed by atoms with Gasteiger partial charge < -0.3 is 4.74 Å². The van der Waals surface area contributed by atoms with E-state index in [1.54, 1.807) is 17.5 Å². The molecule has 0 saturated heterocycles. The van der Waals surface area contributed by atoms with Crippen LogP contribution in [0.2, 0.25) is 0 Å². The third-order valence-corrected chi connectivity index (χ3v) is 4.20. The fraction of sp³-hybridized carbons (Fsp3) is 0.235. The average molecular weight is 387 g/mol. The van der Waals surface area contributed by atoms with E-state index >= 15 is 0 Å². The van der Waals surface area contributed by atoms with E-state index in [0.29, 0.717) is 5.00 Å². The minimum atomic E-state index is -2.13. The van der Waals surface area contributed by atoms with E-state index in [2.05, 4.69) is 4.99 Å². The molecule has 26 heavy (non-hydrogen) atoms. The Labute approximate surface area is 150 Å². The number of ketones is 1. The molecule has 0 aliphatic carbocycles. The Bertz CT molecular complexity index is 836. The van der Waals surface area contributed by atoms with Gasteiger partial charge in [-0.05, 0) is 31.4 Å². The maximum absolute atomic E-state index is 14.1. The summed E-state index contributed by atoms with van der Waals surface area (Å²) in [5.74, 6) is -11.8. The molecule has 0 N–H and O–H groups in total. The van der Waals surface area contributed by atoms with Gasteiger partial charge in [0.05, 0.1) is 12.2 Å². The second-order valence-corrected chi connectivity index (χ2v) is 6.01. The summed E-state index contributed by atoms with van der Waals surface area (Å²) < 4.78 is 59.4. The summed E-state index contributed by atoms with van der Waals surface area (Å²) in [5.41, 5.74) is -1.80. The summed E-state index contributed by atoms with van der Waals surface area (Å²) in [6.45, 7) is 2.31. The summed E-state index contributed by atoms with van der Waals surface area (Å²) in [6, 6.07) is 3.27. The van der Waals surface area contributed by atoms with Gasteiger partial charge in [0.25, 0.3) is 0 Å². The number of thiophene rings is 1. The van der Waals surface area contributed by atoms with E-state index in [9.17, 15) is 27.2 Å². The van der Waals surface area contributed by atoms with Gasteiger partial charge in [-0.3, -0.25) is 9.59 Å². The fourth-order valence-electron chi connectivity index (χ4n) is 2.15. The molecule has 1 aromatic heterocycles. The molecule has 4 nitrogen and oxygen atoms in total. The van der Waals surface area contributed by atoms with Gasteiger partial charge in [0.2, 0.25) is 0 Å². The number of aliphatic imine (C=N–C) groups is 1. The molecule has 1 heterocycles. The number of halogens is 4. The van der Waals surface area contributed by atoms with E-state index in [1.807, 2.05) is 0 Å². The van der Waals surface area contributed by atoms with Crippen molar-refractivity contribution in [2.24, 2.45) is 10.9 Å². The Hall–Kier alpha value is -2.55. The summed E-state index contributed by atoms with van der Waals surface area (Å²) in [5, 5.41) is 2.14. The van der Waals surface area contributed by atoms with E-state index in [1.165, 1.54) is 18.3 Å². The maximum Gasteiger partial charge on any atom is 0.322 e. The van der Waals surface area contributed by atoms with Crippen LogP contribution in [0.1, 0.15) is 22.8 Å². The molecule has 9 heteroatoms. The highest BCUT2D eigenvalue weighted by atomic mass is 32.1. The van der Waals surface area contributed by atoms with Crippen molar-refractivity contribution < 1.29 is 31.9 Å². The summed E-state index contributed by atoms with van der Waals surface area (Å²) >= 11 is 1.21. The molecule has 1 unspecified atom stereocenters. The minimum Gasteiger partial charge on any atom is -0.465 e. The van der Waals surface area contributed by atoms with Gasteiger partial charge in [-0.15, -0.1) is 11.3 Å². The van der Waals surface area contributed by atoms with Crippen LogP contribution in [0.15, 0.2) is 22.5 Å². The predicted octanol–water partition coefficient (Wildman–Crippen LogP) is 4.38. The lowest BCUT2D eigenvalue weighted by Crippen LogP contribution is -2.29. The summed E-state index contributed by atoms with van der Waals surface area (Å²) in [4.78, 5) is 28.6. The van der Waals surface area contributed by atoms with Crippen LogP contribution in [0.3, 0.4) is 0 Å². The van der Waals surface area contributed by atoms with Crippen molar-refractivity contribution in [2.75, 3.05) is 6.61 Å². The second kappa shape index (κ2) is 8.22. The average Bonchev–Trinajstić information content (AvgIpc) is 3.12. The molecule has 0 bridgehead atoms. The van der Waals surface area contributed by atoms with Crippen molar-refractivity contribution in [1.82, 2.24) is 0 Å². The summed E-state index contributed by atoms with van der Waals surface area (Å²) in [7, 11) is 0. The normalized spacial score (nSPS) is 12.4. The van der Waals surface area contributed by atoms with Crippen LogP contribution in [0.4, 0.5) is 22.6 Å². The third-order valence-electron chi connectivity index (χ3n) is 3.43. The number of nitrogens with zero attached hydrogens (tertiary/aromatic N) is 1. The highest BCUT2D eigenvalue weighted by Crippen LogP contribution is 2.26. The van der Waals surface area contributed by atoms with E-state index in [-0.39, 0.29) is 6.61 Å². The van der Waals surface area contributed by atoms with Crippen LogP contribution < -0.4 is 0 Å². The molecule has 0 amide bonds. The van der Waals surface area contributed by atoms with E-state index in [4.69, 9.17) is 4.74 Å². The topological polar surface area (TPSA) is 55.7 Å². The SMILES string of the molecule is CCOC(=O)C(C=Nc1cccs1)C(=O)c1c(C)c(F)c(F)c(F)c1F. The zero-order valence-corrected chi connectivity index (χ0v) is 14.5. The molecule has 0 aliphatic rings. The smallest absolute Gasteiger partial charge is 0.322 e. The number of carbonyl (C=O) groups is 2. The Morgan fingerprint density at radius 3 is 2.42 bits per heavy atom. The lowest BCUT2D eigenvalue weighted by Gasteiger charge is -2.14. The third kappa shape index (κ3) is 3.82. The van der Waals surface area contributed by atoms with Gasteiger partial charge in [-0.25, -0.2) is 22.6 Å². The second-order valence-electron chi connectivity index (χ2n) is 5.08. The summed E-state index contributed by atoms with van der Waals surface area (Å²) in [6.07, 6.45) is 0.907. The van der Waals surface area contributed by atoms with Crippen molar-refractivity contribution in [3.63, 3.8) is 0 Å². The van der Waals surface area contributed by atoms with Gasteiger partial charge in [0, 0.05) is 11.8 Å². The first-order chi connectivity index (χ1) is 12.3. The van der Waals surface area contributed by atoms with Crippen LogP contribution >= 0.6 is 11.3 Å². The number of Topliss-reactive ketones (excluding diaryl/α,β-unsaturated/α-hetero) is 1. The molecule has 0 fully saturated rings. The van der Waals surface area contributed by atoms with Gasteiger partial charge in [0.1, 0.15) is 5.00 Å². The molecular weight excluding hydrogens is 374 g/mol. The van der Waals surface area contributed by atoms with Crippen molar-refractivity contribution >= 4 is 34.3 Å². The molecule has 0 radical (unpaired) electrons. The van der Waals surface area contributed by atoms with Gasteiger partial charge in [0.15, 0.2) is 35.0 Å². The number of hydrogen-bond donors (Lipinski definition) is 0. The Morgan fingerprint density at radius 2 is 1.85 bits per heavy atom. The molecule has 1 aromatic carbocycles. The number of carbonyl (C=O) groups excluding carboxylic acids is 2. The first kappa shape index (κ1) is 19.8. The highest BCUT2D eigenvalue weighted by molar-refractivity contribution is 7.13. The molecule has 2 rings (SSSR count).